The molecule has 0 aromatic rings. The second-order valence-corrected chi connectivity index (χ2v) is 4.94. The number of ether oxygens (including phenoxy) is 1. The Balaban J connectivity index is 0.00000324. The van der Waals surface area contributed by atoms with Crippen molar-refractivity contribution in [2.45, 2.75) is 26.8 Å². The van der Waals surface area contributed by atoms with E-state index in [0.717, 1.165) is 45.4 Å². The molecule has 19 heavy (non-hydrogen) atoms. The average Bonchev–Trinajstić information content (AvgIpc) is 2.38. The van der Waals surface area contributed by atoms with E-state index in [9.17, 15) is 0 Å². The predicted octanol–water partition coefficient (Wildman–Crippen LogP) is 1.15. The van der Waals surface area contributed by atoms with Gasteiger partial charge in [-0.05, 0) is 12.8 Å². The van der Waals surface area contributed by atoms with E-state index in [-0.39, 0.29) is 24.0 Å². The number of guanidine groups is 1. The summed E-state index contributed by atoms with van der Waals surface area (Å²) in [5, 5.41) is 6.63. The van der Waals surface area contributed by atoms with Gasteiger partial charge in [0.15, 0.2) is 5.96 Å². The number of hydrogen-bond donors (Lipinski definition) is 2. The monoisotopic (exact) mass is 384 g/mol. The maximum absolute atomic E-state index is 5.42. The van der Waals surface area contributed by atoms with Crippen LogP contribution >= 0.6 is 24.0 Å². The van der Waals surface area contributed by atoms with Crippen LogP contribution in [0, 0.1) is 5.92 Å². The summed E-state index contributed by atoms with van der Waals surface area (Å²) in [4.78, 5) is 6.72. The van der Waals surface area contributed by atoms with E-state index in [4.69, 9.17) is 4.74 Å². The van der Waals surface area contributed by atoms with Gasteiger partial charge in [-0.1, -0.05) is 13.8 Å². The molecule has 1 rings (SSSR count). The second-order valence-electron chi connectivity index (χ2n) is 4.94. The van der Waals surface area contributed by atoms with Crippen molar-refractivity contribution in [3.05, 3.63) is 0 Å². The van der Waals surface area contributed by atoms with Gasteiger partial charge in [0.2, 0.25) is 0 Å². The quantitative estimate of drug-likeness (QED) is 0.424. The maximum Gasteiger partial charge on any atom is 0.191 e. The van der Waals surface area contributed by atoms with E-state index in [2.05, 4.69) is 41.3 Å². The number of hydrogen-bond acceptors (Lipinski definition) is 3. The topological polar surface area (TPSA) is 48.9 Å². The van der Waals surface area contributed by atoms with E-state index in [1.165, 1.54) is 0 Å². The van der Waals surface area contributed by atoms with Crippen LogP contribution in [0.1, 0.15) is 20.8 Å². The Kier molecular flexibility index (Phi) is 10.6. The van der Waals surface area contributed by atoms with Gasteiger partial charge in [0.05, 0.1) is 13.2 Å². The molecule has 1 aliphatic rings. The van der Waals surface area contributed by atoms with Gasteiger partial charge in [-0.15, -0.1) is 24.0 Å². The van der Waals surface area contributed by atoms with E-state index in [0.29, 0.717) is 12.0 Å². The molecule has 0 aromatic carbocycles. The number of nitrogens with zero attached hydrogens (tertiary/aromatic N) is 2. The molecular weight excluding hydrogens is 355 g/mol. The zero-order valence-electron chi connectivity index (χ0n) is 12.6. The minimum Gasteiger partial charge on any atom is -0.379 e. The van der Waals surface area contributed by atoms with Gasteiger partial charge in [-0.3, -0.25) is 9.89 Å². The molecule has 1 heterocycles. The maximum atomic E-state index is 5.42. The van der Waals surface area contributed by atoms with Crippen LogP contribution in [0.3, 0.4) is 0 Å². The standard InChI is InChI=1S/C13H28N4O.HI/c1-5-15-13(14-4)16-10-12(11(2)3)17-6-8-18-9-7-17;/h11-12H,5-10H2,1-4H3,(H2,14,15,16);1H. The Labute approximate surface area is 134 Å². The summed E-state index contributed by atoms with van der Waals surface area (Å²) in [6.45, 7) is 12.2. The molecule has 0 bridgehead atoms. The van der Waals surface area contributed by atoms with Gasteiger partial charge in [0.1, 0.15) is 0 Å². The fourth-order valence-electron chi connectivity index (χ4n) is 2.28. The van der Waals surface area contributed by atoms with Crippen molar-refractivity contribution in [1.29, 1.82) is 0 Å². The summed E-state index contributed by atoms with van der Waals surface area (Å²) in [6.07, 6.45) is 0. The van der Waals surface area contributed by atoms with E-state index in [1.807, 2.05) is 7.05 Å². The SMILES string of the molecule is CCNC(=NC)NCC(C(C)C)N1CCOCC1.I. The van der Waals surface area contributed by atoms with Crippen molar-refractivity contribution in [1.82, 2.24) is 15.5 Å². The fraction of sp³-hybridized carbons (Fsp3) is 0.923. The van der Waals surface area contributed by atoms with Gasteiger partial charge in [-0.25, -0.2) is 0 Å². The first-order valence-corrected chi connectivity index (χ1v) is 6.95. The van der Waals surface area contributed by atoms with E-state index >= 15 is 0 Å². The van der Waals surface area contributed by atoms with Crippen LogP contribution in [0.2, 0.25) is 0 Å². The van der Waals surface area contributed by atoms with Crippen LogP contribution in [0.4, 0.5) is 0 Å². The van der Waals surface area contributed by atoms with Crippen molar-refractivity contribution < 1.29 is 4.74 Å². The lowest BCUT2D eigenvalue weighted by atomic mass is 10.0. The molecule has 0 radical (unpaired) electrons. The summed E-state index contributed by atoms with van der Waals surface area (Å²) < 4.78 is 5.42. The van der Waals surface area contributed by atoms with Crippen molar-refractivity contribution in [3.8, 4) is 0 Å². The third-order valence-corrected chi connectivity index (χ3v) is 3.33. The molecule has 5 nitrogen and oxygen atoms in total. The summed E-state index contributed by atoms with van der Waals surface area (Å²) in [6, 6.07) is 0.532. The number of halogens is 1. The molecule has 6 heteroatoms. The zero-order chi connectivity index (χ0) is 13.4. The number of nitrogens with one attached hydrogen (secondary N) is 2. The molecule has 1 atom stereocenters. The molecule has 0 aliphatic carbocycles. The van der Waals surface area contributed by atoms with Crippen molar-refractivity contribution in [2.24, 2.45) is 10.9 Å². The third kappa shape index (κ3) is 6.76. The molecule has 0 saturated carbocycles. The zero-order valence-corrected chi connectivity index (χ0v) is 14.9. The molecule has 2 N–H and O–H groups in total. The lowest BCUT2D eigenvalue weighted by Gasteiger charge is -2.37. The fourth-order valence-corrected chi connectivity index (χ4v) is 2.28. The first-order valence-electron chi connectivity index (χ1n) is 6.95. The largest absolute Gasteiger partial charge is 0.379 e. The highest BCUT2D eigenvalue weighted by Crippen LogP contribution is 2.12. The lowest BCUT2D eigenvalue weighted by molar-refractivity contribution is 0.00752. The molecule has 1 aliphatic heterocycles. The number of morpholine rings is 1. The highest BCUT2D eigenvalue weighted by Gasteiger charge is 2.23. The summed E-state index contributed by atoms with van der Waals surface area (Å²) in [7, 11) is 1.81. The molecule has 0 spiro atoms. The highest BCUT2D eigenvalue weighted by atomic mass is 127. The number of aliphatic imine (C=N–C) groups is 1. The van der Waals surface area contributed by atoms with Crippen LogP contribution in [0.15, 0.2) is 4.99 Å². The van der Waals surface area contributed by atoms with Gasteiger partial charge in [0.25, 0.3) is 0 Å². The summed E-state index contributed by atoms with van der Waals surface area (Å²) in [5.74, 6) is 1.51. The van der Waals surface area contributed by atoms with Crippen LogP contribution < -0.4 is 10.6 Å². The summed E-state index contributed by atoms with van der Waals surface area (Å²) >= 11 is 0. The lowest BCUT2D eigenvalue weighted by Crippen LogP contribution is -2.52. The van der Waals surface area contributed by atoms with Crippen LogP contribution in [-0.2, 0) is 4.74 Å². The smallest absolute Gasteiger partial charge is 0.191 e. The van der Waals surface area contributed by atoms with Gasteiger partial charge < -0.3 is 15.4 Å². The Morgan fingerprint density at radius 1 is 1.26 bits per heavy atom. The molecule has 1 fully saturated rings. The predicted molar refractivity (Wildman–Crippen MR) is 91.5 cm³/mol. The van der Waals surface area contributed by atoms with E-state index in [1.54, 1.807) is 0 Å². The van der Waals surface area contributed by atoms with Crippen LogP contribution in [0.5, 0.6) is 0 Å². The third-order valence-electron chi connectivity index (χ3n) is 3.33. The molecule has 0 amide bonds. The Bertz CT molecular complexity index is 255. The minimum absolute atomic E-state index is 0. The molecule has 1 saturated heterocycles. The molecule has 1 unspecified atom stereocenters. The molecule has 0 aromatic heterocycles. The molecule has 114 valence electrons. The first kappa shape index (κ1) is 18.9. The highest BCUT2D eigenvalue weighted by molar-refractivity contribution is 14.0. The van der Waals surface area contributed by atoms with Gasteiger partial charge >= 0.3 is 0 Å². The van der Waals surface area contributed by atoms with Crippen LogP contribution in [0.25, 0.3) is 0 Å². The Hall–Kier alpha value is -0.0800. The Morgan fingerprint density at radius 3 is 2.37 bits per heavy atom. The van der Waals surface area contributed by atoms with Gasteiger partial charge in [0, 0.05) is 39.3 Å². The second kappa shape index (κ2) is 10.7. The minimum atomic E-state index is 0. The van der Waals surface area contributed by atoms with Crippen LogP contribution in [-0.4, -0.2) is 63.3 Å². The van der Waals surface area contributed by atoms with Crippen molar-refractivity contribution in [2.75, 3.05) is 46.4 Å². The number of rotatable bonds is 5. The average molecular weight is 384 g/mol. The normalized spacial score (nSPS) is 18.9. The first-order chi connectivity index (χ1) is 8.69. The Morgan fingerprint density at radius 2 is 1.89 bits per heavy atom. The van der Waals surface area contributed by atoms with Gasteiger partial charge in [-0.2, -0.15) is 0 Å². The van der Waals surface area contributed by atoms with E-state index < -0.39 is 0 Å². The van der Waals surface area contributed by atoms with Crippen molar-refractivity contribution >= 4 is 29.9 Å². The van der Waals surface area contributed by atoms with Crippen molar-refractivity contribution in [3.63, 3.8) is 0 Å². The summed E-state index contributed by atoms with van der Waals surface area (Å²) in [5.41, 5.74) is 0. The molecular formula is C13H29IN4O.